The first-order chi connectivity index (χ1) is 2.50. The van der Waals surface area contributed by atoms with Crippen LogP contribution >= 0.6 is 0 Å². The second-order valence-electron chi connectivity index (χ2n) is 1.00. The summed E-state index contributed by atoms with van der Waals surface area (Å²) < 4.78 is 0. The summed E-state index contributed by atoms with van der Waals surface area (Å²) in [4.78, 5) is 0. The van der Waals surface area contributed by atoms with Crippen molar-refractivity contribution in [1.82, 2.24) is 0 Å². The van der Waals surface area contributed by atoms with E-state index in [1.165, 1.54) is 0 Å². The molecule has 0 N–H and O–H groups in total. The first kappa shape index (κ1) is 6.19. The fourth-order valence-corrected chi connectivity index (χ4v) is 0.340. The molecule has 1 heteroatoms. The smallest absolute Gasteiger partial charge is 0 e. The van der Waals surface area contributed by atoms with Gasteiger partial charge in [-0.15, -0.1) is 6.42 Å². The Morgan fingerprint density at radius 1 is 1.50 bits per heavy atom. The van der Waals surface area contributed by atoms with Crippen molar-refractivity contribution in [1.29, 1.82) is 0 Å². The molecular weight excluding hydrogens is 108 g/mol. The molecule has 0 heterocycles. The van der Waals surface area contributed by atoms with Crippen molar-refractivity contribution in [2.45, 2.75) is 6.42 Å². The Kier molecular flexibility index (Phi) is 3.50. The second-order valence-corrected chi connectivity index (χ2v) is 1.00. The first-order valence-electron chi connectivity index (χ1n) is 1.72. The summed E-state index contributed by atoms with van der Waals surface area (Å²) >= 11 is 0. The molecule has 0 fully saturated rings. The predicted molar refractivity (Wildman–Crippen MR) is 21.6 cm³/mol. The van der Waals surface area contributed by atoms with Gasteiger partial charge in [0.05, 0.1) is 0 Å². The summed E-state index contributed by atoms with van der Waals surface area (Å²) in [5.74, 6) is 0. The van der Waals surface area contributed by atoms with Gasteiger partial charge in [0, 0.05) is 21.7 Å². The molecule has 0 unspecified atom stereocenters. The van der Waals surface area contributed by atoms with Crippen LogP contribution in [-0.4, -0.2) is 0 Å². The molecule has 0 nitrogen and oxygen atoms in total. The maximum absolute atomic E-state index is 2.99. The summed E-state index contributed by atoms with van der Waals surface area (Å²) in [6.45, 7) is 0. The van der Waals surface area contributed by atoms with Gasteiger partial charge in [0.1, 0.15) is 0 Å². The number of allylic oxidation sites excluding steroid dienone is 4. The van der Waals surface area contributed by atoms with Gasteiger partial charge in [-0.1, -0.05) is 0 Å². The third-order valence-corrected chi connectivity index (χ3v) is 0.586. The van der Waals surface area contributed by atoms with Crippen LogP contribution in [0.2, 0.25) is 0 Å². The van der Waals surface area contributed by atoms with Gasteiger partial charge in [-0.3, -0.25) is 6.08 Å². The number of hydrogen-bond donors (Lipinski definition) is 0. The Labute approximate surface area is 52.8 Å². The van der Waals surface area contributed by atoms with Gasteiger partial charge in [-0.2, -0.15) is 6.08 Å². The third kappa shape index (κ3) is 1.59. The molecule has 0 amide bonds. The average molecular weight is 113 g/mol. The normalized spacial score (nSPS) is 14.7. The van der Waals surface area contributed by atoms with Gasteiger partial charge in [0.15, 0.2) is 0 Å². The topological polar surface area (TPSA) is 0 Å². The molecule has 1 aliphatic carbocycles. The number of rotatable bonds is 0. The minimum Gasteiger partial charge on any atom is -0.273 e. The Morgan fingerprint density at radius 3 is 2.50 bits per heavy atom. The fourth-order valence-electron chi connectivity index (χ4n) is 0.340. The van der Waals surface area contributed by atoms with Crippen LogP contribution < -0.4 is 0 Å². The van der Waals surface area contributed by atoms with Crippen molar-refractivity contribution in [3.63, 3.8) is 0 Å². The molecule has 0 bridgehead atoms. The van der Waals surface area contributed by atoms with E-state index in [2.05, 4.69) is 12.2 Å². The molecule has 0 radical (unpaired) electrons. The molecule has 0 aromatic carbocycles. The Bertz CT molecular complexity index is 62.0. The van der Waals surface area contributed by atoms with E-state index in [0.717, 1.165) is 6.42 Å². The Balaban J connectivity index is 0.000000250. The standard InChI is InChI=1S/C5H5.Ti/c1-2-4-5-3-1;/h1-3H,4H2;/q-1;. The van der Waals surface area contributed by atoms with Crippen molar-refractivity contribution >= 4 is 0 Å². The van der Waals surface area contributed by atoms with Gasteiger partial charge < -0.3 is 0 Å². The maximum Gasteiger partial charge on any atom is 0 e. The van der Waals surface area contributed by atoms with Crippen molar-refractivity contribution in [3.05, 3.63) is 24.3 Å². The Morgan fingerprint density at radius 2 is 2.33 bits per heavy atom. The zero-order chi connectivity index (χ0) is 3.54. The van der Waals surface area contributed by atoms with Crippen molar-refractivity contribution in [2.24, 2.45) is 0 Å². The monoisotopic (exact) mass is 113 g/mol. The maximum atomic E-state index is 2.99. The van der Waals surface area contributed by atoms with Gasteiger partial charge in [-0.25, -0.2) is 12.2 Å². The van der Waals surface area contributed by atoms with Crippen molar-refractivity contribution in [3.8, 4) is 0 Å². The zero-order valence-electron chi connectivity index (χ0n) is 3.44. The SMILES string of the molecule is [C-]1=CC=CC1.[Ti]. The van der Waals surface area contributed by atoms with Gasteiger partial charge in [-0.05, 0) is 0 Å². The summed E-state index contributed by atoms with van der Waals surface area (Å²) in [5.41, 5.74) is 0. The predicted octanol–water partition coefficient (Wildman–Crippen LogP) is 1.30. The van der Waals surface area contributed by atoms with Gasteiger partial charge in [0.2, 0.25) is 0 Å². The van der Waals surface area contributed by atoms with E-state index in [-0.39, 0.29) is 21.7 Å². The summed E-state index contributed by atoms with van der Waals surface area (Å²) in [5, 5.41) is 0. The zero-order valence-corrected chi connectivity index (χ0v) is 5.00. The van der Waals surface area contributed by atoms with E-state index >= 15 is 0 Å². The molecule has 0 atom stereocenters. The van der Waals surface area contributed by atoms with Crippen molar-refractivity contribution in [2.75, 3.05) is 0 Å². The Hall–Kier alpha value is 0.194. The van der Waals surface area contributed by atoms with Gasteiger partial charge >= 0.3 is 0 Å². The molecular formula is C5H5Ti-. The molecule has 0 saturated carbocycles. The van der Waals surface area contributed by atoms with Crippen LogP contribution in [-0.2, 0) is 21.7 Å². The van der Waals surface area contributed by atoms with E-state index < -0.39 is 0 Å². The van der Waals surface area contributed by atoms with E-state index in [4.69, 9.17) is 0 Å². The number of hydrogen-bond acceptors (Lipinski definition) is 0. The van der Waals surface area contributed by atoms with E-state index in [0.29, 0.717) is 0 Å². The first-order valence-corrected chi connectivity index (χ1v) is 1.72. The van der Waals surface area contributed by atoms with Crippen LogP contribution in [0.5, 0.6) is 0 Å². The summed E-state index contributed by atoms with van der Waals surface area (Å²) in [7, 11) is 0. The van der Waals surface area contributed by atoms with Crippen LogP contribution in [0, 0.1) is 6.08 Å². The molecule has 0 aromatic heterocycles. The minimum atomic E-state index is 0. The average Bonchev–Trinajstić information content (AvgIpc) is 1.76. The molecule has 1 aliphatic rings. The van der Waals surface area contributed by atoms with Crippen LogP contribution in [0.3, 0.4) is 0 Å². The summed E-state index contributed by atoms with van der Waals surface area (Å²) in [6, 6.07) is 0. The fraction of sp³-hybridized carbons (Fsp3) is 0.200. The van der Waals surface area contributed by atoms with Gasteiger partial charge in [0.25, 0.3) is 0 Å². The quantitative estimate of drug-likeness (QED) is 0.328. The molecule has 6 heavy (non-hydrogen) atoms. The van der Waals surface area contributed by atoms with Crippen LogP contribution in [0.4, 0.5) is 0 Å². The van der Waals surface area contributed by atoms with Crippen LogP contribution in [0.15, 0.2) is 18.2 Å². The molecule has 1 rings (SSSR count). The molecule has 0 aromatic rings. The third-order valence-electron chi connectivity index (χ3n) is 0.586. The summed E-state index contributed by atoms with van der Waals surface area (Å²) in [6.07, 6.45) is 10.0. The van der Waals surface area contributed by atoms with Crippen molar-refractivity contribution < 1.29 is 21.7 Å². The largest absolute Gasteiger partial charge is 0.273 e. The van der Waals surface area contributed by atoms with E-state index in [1.54, 1.807) is 0 Å². The molecule has 0 saturated heterocycles. The van der Waals surface area contributed by atoms with Crippen LogP contribution in [0.25, 0.3) is 0 Å². The molecule has 30 valence electrons. The molecule has 0 aliphatic heterocycles. The van der Waals surface area contributed by atoms with E-state index in [9.17, 15) is 0 Å². The second kappa shape index (κ2) is 3.39. The van der Waals surface area contributed by atoms with Crippen LogP contribution in [0.1, 0.15) is 6.42 Å². The minimum absolute atomic E-state index is 0. The van der Waals surface area contributed by atoms with E-state index in [1.807, 2.05) is 12.2 Å². The molecule has 0 spiro atoms.